The van der Waals surface area contributed by atoms with Gasteiger partial charge in [0.25, 0.3) is 5.92 Å². The van der Waals surface area contributed by atoms with Gasteiger partial charge in [0.2, 0.25) is 0 Å². The van der Waals surface area contributed by atoms with E-state index in [9.17, 15) is 13.2 Å². The van der Waals surface area contributed by atoms with Crippen LogP contribution >= 0.6 is 0 Å². The smallest absolute Gasteiger partial charge is 0.251 e. The second kappa shape index (κ2) is 1.14. The molecular weight excluding hydrogens is 105 g/mol. The fourth-order valence-electron chi connectivity index (χ4n) is 0.437. The van der Waals surface area contributed by atoms with Gasteiger partial charge in [-0.3, -0.25) is 4.39 Å². The molecule has 1 aliphatic carbocycles. The van der Waals surface area contributed by atoms with Crippen LogP contribution in [0.25, 0.3) is 0 Å². The molecule has 1 fully saturated rings. The maximum atomic E-state index is 11.6. The highest BCUT2D eigenvalue weighted by molar-refractivity contribution is 4.94. The number of alkyl halides is 3. The Morgan fingerprint density at radius 2 is 2.00 bits per heavy atom. The molecule has 42 valence electrons. The molecule has 7 heavy (non-hydrogen) atoms. The fourth-order valence-corrected chi connectivity index (χ4v) is 0.437. The standard InChI is InChI=1S/C4H5F3/c5-2-3-1-4(3,6)7/h3H,1-2H2. The normalized spacial score (nSPS) is 35.6. The van der Waals surface area contributed by atoms with Crippen LogP contribution in [0.3, 0.4) is 0 Å². The van der Waals surface area contributed by atoms with Gasteiger partial charge in [0.15, 0.2) is 0 Å². The zero-order valence-corrected chi connectivity index (χ0v) is 3.63. The summed E-state index contributed by atoms with van der Waals surface area (Å²) in [5.41, 5.74) is 0. The van der Waals surface area contributed by atoms with Gasteiger partial charge in [-0.2, -0.15) is 0 Å². The maximum Gasteiger partial charge on any atom is 0.254 e. The summed E-state index contributed by atoms with van der Waals surface area (Å²) < 4.78 is 34.3. The first-order valence-corrected chi connectivity index (χ1v) is 2.10. The second-order valence-corrected chi connectivity index (χ2v) is 1.82. The highest BCUT2D eigenvalue weighted by atomic mass is 19.3. The zero-order chi connectivity index (χ0) is 5.49. The molecule has 0 nitrogen and oxygen atoms in total. The van der Waals surface area contributed by atoms with Gasteiger partial charge in [-0.15, -0.1) is 0 Å². The van der Waals surface area contributed by atoms with Crippen LogP contribution in [-0.4, -0.2) is 12.6 Å². The molecule has 0 aliphatic heterocycles. The molecule has 0 spiro atoms. The van der Waals surface area contributed by atoms with E-state index in [0.717, 1.165) is 0 Å². The van der Waals surface area contributed by atoms with E-state index < -0.39 is 18.5 Å². The predicted octanol–water partition coefficient (Wildman–Crippen LogP) is 1.61. The summed E-state index contributed by atoms with van der Waals surface area (Å²) >= 11 is 0. The molecule has 0 radical (unpaired) electrons. The van der Waals surface area contributed by atoms with Crippen molar-refractivity contribution in [2.45, 2.75) is 12.3 Å². The number of halogens is 3. The average molecular weight is 110 g/mol. The molecule has 1 unspecified atom stereocenters. The molecule has 0 saturated heterocycles. The fraction of sp³-hybridized carbons (Fsp3) is 1.00. The largest absolute Gasteiger partial charge is 0.254 e. The lowest BCUT2D eigenvalue weighted by atomic mass is 10.5. The third-order valence-electron chi connectivity index (χ3n) is 1.14. The Kier molecular flexibility index (Phi) is 0.805. The van der Waals surface area contributed by atoms with E-state index in [2.05, 4.69) is 0 Å². The summed E-state index contributed by atoms with van der Waals surface area (Å²) in [6.07, 6.45) is -0.247. The molecule has 0 amide bonds. The third kappa shape index (κ3) is 0.714. The molecule has 0 heterocycles. The van der Waals surface area contributed by atoms with E-state index in [-0.39, 0.29) is 6.42 Å². The van der Waals surface area contributed by atoms with Crippen molar-refractivity contribution in [3.8, 4) is 0 Å². The van der Waals surface area contributed by atoms with Gasteiger partial charge in [0.1, 0.15) is 0 Å². The van der Waals surface area contributed by atoms with E-state index in [1.54, 1.807) is 0 Å². The van der Waals surface area contributed by atoms with E-state index in [1.807, 2.05) is 0 Å². The van der Waals surface area contributed by atoms with Crippen LogP contribution < -0.4 is 0 Å². The van der Waals surface area contributed by atoms with Crippen molar-refractivity contribution in [3.63, 3.8) is 0 Å². The Morgan fingerprint density at radius 3 is 2.00 bits per heavy atom. The van der Waals surface area contributed by atoms with Crippen LogP contribution in [0.4, 0.5) is 13.2 Å². The van der Waals surface area contributed by atoms with Crippen LogP contribution in [-0.2, 0) is 0 Å². The minimum atomic E-state index is -2.66. The van der Waals surface area contributed by atoms with Crippen molar-refractivity contribution in [2.24, 2.45) is 5.92 Å². The Labute approximate surface area is 39.3 Å². The topological polar surface area (TPSA) is 0 Å². The summed E-state index contributed by atoms with van der Waals surface area (Å²) in [5, 5.41) is 0. The van der Waals surface area contributed by atoms with Crippen LogP contribution in [0.15, 0.2) is 0 Å². The van der Waals surface area contributed by atoms with Crippen LogP contribution in [0.5, 0.6) is 0 Å². The average Bonchev–Trinajstić information content (AvgIpc) is 2.13. The first-order valence-electron chi connectivity index (χ1n) is 2.10. The number of rotatable bonds is 1. The lowest BCUT2D eigenvalue weighted by Crippen LogP contribution is -1.93. The third-order valence-corrected chi connectivity index (χ3v) is 1.14. The highest BCUT2D eigenvalue weighted by Gasteiger charge is 2.56. The van der Waals surface area contributed by atoms with Gasteiger partial charge in [-0.1, -0.05) is 0 Å². The minimum absolute atomic E-state index is 0.247. The lowest BCUT2D eigenvalue weighted by molar-refractivity contribution is 0.0929. The van der Waals surface area contributed by atoms with E-state index in [0.29, 0.717) is 0 Å². The molecule has 0 bridgehead atoms. The SMILES string of the molecule is FCC1CC1(F)F. The summed E-state index contributed by atoms with van der Waals surface area (Å²) in [6.45, 7) is -0.868. The monoisotopic (exact) mass is 110 g/mol. The van der Waals surface area contributed by atoms with E-state index in [1.165, 1.54) is 0 Å². The van der Waals surface area contributed by atoms with Crippen molar-refractivity contribution in [1.29, 1.82) is 0 Å². The predicted molar refractivity (Wildman–Crippen MR) is 19.0 cm³/mol. The van der Waals surface area contributed by atoms with Gasteiger partial charge in [-0.05, 0) is 0 Å². The van der Waals surface area contributed by atoms with Gasteiger partial charge in [0, 0.05) is 6.42 Å². The summed E-state index contributed by atoms with van der Waals surface area (Å²) in [4.78, 5) is 0. The number of hydrogen-bond acceptors (Lipinski definition) is 0. The highest BCUT2D eigenvalue weighted by Crippen LogP contribution is 2.48. The molecule has 1 rings (SSSR count). The first-order chi connectivity index (χ1) is 3.17. The zero-order valence-electron chi connectivity index (χ0n) is 3.63. The molecular formula is C4H5F3. The van der Waals surface area contributed by atoms with E-state index >= 15 is 0 Å². The number of hydrogen-bond donors (Lipinski definition) is 0. The summed E-state index contributed by atoms with van der Waals surface area (Å²) in [7, 11) is 0. The van der Waals surface area contributed by atoms with Crippen LogP contribution in [0, 0.1) is 5.92 Å². The van der Waals surface area contributed by atoms with Gasteiger partial charge in [0.05, 0.1) is 12.6 Å². The quantitative estimate of drug-likeness (QED) is 0.481. The van der Waals surface area contributed by atoms with Gasteiger partial charge in [-0.25, -0.2) is 8.78 Å². The molecule has 0 aromatic carbocycles. The molecule has 0 aromatic heterocycles. The van der Waals surface area contributed by atoms with Crippen molar-refractivity contribution >= 4 is 0 Å². The van der Waals surface area contributed by atoms with Gasteiger partial charge < -0.3 is 0 Å². The van der Waals surface area contributed by atoms with Crippen LogP contribution in [0.2, 0.25) is 0 Å². The molecule has 1 aliphatic rings. The van der Waals surface area contributed by atoms with Crippen molar-refractivity contribution in [1.82, 2.24) is 0 Å². The van der Waals surface area contributed by atoms with Crippen molar-refractivity contribution < 1.29 is 13.2 Å². The van der Waals surface area contributed by atoms with Gasteiger partial charge >= 0.3 is 0 Å². The summed E-state index contributed by atoms with van der Waals surface area (Å²) in [6, 6.07) is 0. The molecule has 3 heteroatoms. The first kappa shape index (κ1) is 4.94. The Bertz CT molecular complexity index is 79.0. The molecule has 0 N–H and O–H groups in total. The summed E-state index contributed by atoms with van der Waals surface area (Å²) in [5.74, 6) is -3.61. The Hall–Kier alpha value is -0.210. The minimum Gasteiger partial charge on any atom is -0.251 e. The van der Waals surface area contributed by atoms with Crippen LogP contribution in [0.1, 0.15) is 6.42 Å². The Balaban J connectivity index is 2.30. The molecule has 1 atom stereocenters. The second-order valence-electron chi connectivity index (χ2n) is 1.82. The molecule has 0 aromatic rings. The maximum absolute atomic E-state index is 11.6. The lowest BCUT2D eigenvalue weighted by Gasteiger charge is -1.85. The van der Waals surface area contributed by atoms with Crippen molar-refractivity contribution in [3.05, 3.63) is 0 Å². The molecule has 1 saturated carbocycles. The van der Waals surface area contributed by atoms with E-state index in [4.69, 9.17) is 0 Å². The van der Waals surface area contributed by atoms with Crippen molar-refractivity contribution in [2.75, 3.05) is 6.67 Å². The Morgan fingerprint density at radius 1 is 1.57 bits per heavy atom.